The van der Waals surface area contributed by atoms with Crippen molar-refractivity contribution in [3.8, 4) is 12.1 Å². The first-order chi connectivity index (χ1) is 10.7. The molecule has 0 fully saturated rings. The van der Waals surface area contributed by atoms with Gasteiger partial charge in [0, 0.05) is 7.05 Å². The van der Waals surface area contributed by atoms with Crippen LogP contribution in [0, 0.1) is 22.7 Å². The molecule has 0 aliphatic rings. The van der Waals surface area contributed by atoms with E-state index in [2.05, 4.69) is 0 Å². The SMILES string of the molecule is CN(/C=C/C=C(C#N)C#N)CCOC(=O)Cc1ccccc1. The summed E-state index contributed by atoms with van der Waals surface area (Å²) in [7, 11) is 1.81. The van der Waals surface area contributed by atoms with Gasteiger partial charge in [-0.05, 0) is 23.9 Å². The predicted molar refractivity (Wildman–Crippen MR) is 82.2 cm³/mol. The second-order valence-corrected chi connectivity index (χ2v) is 4.51. The fourth-order valence-corrected chi connectivity index (χ4v) is 1.58. The standard InChI is InChI=1S/C17H17N3O2/c1-20(9-5-8-16(13-18)14-19)10-11-22-17(21)12-15-6-3-2-4-7-15/h2-9H,10-12H2,1H3/b9-5+. The Kier molecular flexibility index (Phi) is 7.57. The smallest absolute Gasteiger partial charge is 0.310 e. The van der Waals surface area contributed by atoms with Gasteiger partial charge in [0.15, 0.2) is 0 Å². The zero-order chi connectivity index (χ0) is 16.2. The summed E-state index contributed by atoms with van der Waals surface area (Å²) < 4.78 is 5.15. The molecule has 0 aliphatic carbocycles. The molecule has 5 heteroatoms. The van der Waals surface area contributed by atoms with Gasteiger partial charge in [-0.15, -0.1) is 0 Å². The first-order valence-corrected chi connectivity index (χ1v) is 6.74. The molecule has 0 amide bonds. The monoisotopic (exact) mass is 295 g/mol. The maximum atomic E-state index is 11.6. The molecule has 0 unspecified atom stereocenters. The highest BCUT2D eigenvalue weighted by atomic mass is 16.5. The van der Waals surface area contributed by atoms with Crippen LogP contribution in [0.3, 0.4) is 0 Å². The molecule has 0 aromatic heterocycles. The van der Waals surface area contributed by atoms with Crippen LogP contribution in [0.1, 0.15) is 5.56 Å². The number of ether oxygens (including phenoxy) is 1. The molecule has 1 rings (SSSR count). The normalized spacial score (nSPS) is 9.59. The van der Waals surface area contributed by atoms with Crippen LogP contribution in [0.2, 0.25) is 0 Å². The van der Waals surface area contributed by atoms with E-state index < -0.39 is 0 Å². The second-order valence-electron chi connectivity index (χ2n) is 4.51. The van der Waals surface area contributed by atoms with Crippen molar-refractivity contribution in [2.45, 2.75) is 6.42 Å². The van der Waals surface area contributed by atoms with E-state index in [9.17, 15) is 4.79 Å². The van der Waals surface area contributed by atoms with Gasteiger partial charge >= 0.3 is 5.97 Å². The molecule has 0 radical (unpaired) electrons. The maximum absolute atomic E-state index is 11.6. The van der Waals surface area contributed by atoms with E-state index in [1.165, 1.54) is 6.08 Å². The van der Waals surface area contributed by atoms with Crippen LogP contribution < -0.4 is 0 Å². The fraction of sp³-hybridized carbons (Fsp3) is 0.235. The molecule has 1 aromatic carbocycles. The quantitative estimate of drug-likeness (QED) is 0.438. The summed E-state index contributed by atoms with van der Waals surface area (Å²) in [6, 6.07) is 13.0. The number of hydrogen-bond donors (Lipinski definition) is 0. The summed E-state index contributed by atoms with van der Waals surface area (Å²) in [5.41, 5.74) is 0.963. The Hall–Kier alpha value is -3.05. The van der Waals surface area contributed by atoms with Crippen molar-refractivity contribution in [3.05, 3.63) is 59.8 Å². The number of nitriles is 2. The van der Waals surface area contributed by atoms with Crippen molar-refractivity contribution >= 4 is 5.97 Å². The number of benzene rings is 1. The second kappa shape index (κ2) is 9.79. The van der Waals surface area contributed by atoms with E-state index >= 15 is 0 Å². The molecule has 1 aromatic rings. The molecule has 5 nitrogen and oxygen atoms in total. The molecular weight excluding hydrogens is 278 g/mol. The summed E-state index contributed by atoms with van der Waals surface area (Å²) in [6.07, 6.45) is 5.00. The van der Waals surface area contributed by atoms with Gasteiger partial charge in [0.25, 0.3) is 0 Å². The average Bonchev–Trinajstić information content (AvgIpc) is 2.52. The van der Waals surface area contributed by atoms with Crippen molar-refractivity contribution in [1.82, 2.24) is 4.90 Å². The Balaban J connectivity index is 2.28. The lowest BCUT2D eigenvalue weighted by molar-refractivity contribution is -0.143. The minimum atomic E-state index is -0.264. The molecule has 22 heavy (non-hydrogen) atoms. The fourth-order valence-electron chi connectivity index (χ4n) is 1.58. The van der Waals surface area contributed by atoms with Crippen molar-refractivity contribution in [2.24, 2.45) is 0 Å². The first kappa shape index (κ1) is 17.0. The molecule has 0 spiro atoms. The van der Waals surface area contributed by atoms with E-state index in [0.29, 0.717) is 6.54 Å². The molecule has 112 valence electrons. The number of rotatable bonds is 7. The van der Waals surface area contributed by atoms with E-state index in [1.807, 2.05) is 37.4 Å². The lowest BCUT2D eigenvalue weighted by Crippen LogP contribution is -2.20. The van der Waals surface area contributed by atoms with Gasteiger partial charge in [0.2, 0.25) is 0 Å². The maximum Gasteiger partial charge on any atom is 0.310 e. The summed E-state index contributed by atoms with van der Waals surface area (Å²) in [4.78, 5) is 13.4. The largest absolute Gasteiger partial charge is 0.464 e. The molecule has 0 heterocycles. The highest BCUT2D eigenvalue weighted by Crippen LogP contribution is 2.01. The number of hydrogen-bond acceptors (Lipinski definition) is 5. The zero-order valence-electron chi connectivity index (χ0n) is 12.4. The number of allylic oxidation sites excluding steroid dienone is 3. The molecule has 0 N–H and O–H groups in total. The summed E-state index contributed by atoms with van der Waals surface area (Å²) in [6.45, 7) is 0.804. The van der Waals surface area contributed by atoms with Crippen LogP contribution in [0.15, 0.2) is 54.3 Å². The van der Waals surface area contributed by atoms with Crippen LogP contribution in [0.4, 0.5) is 0 Å². The topological polar surface area (TPSA) is 77.1 Å². The Labute approximate surface area is 130 Å². The molecule has 0 atom stereocenters. The number of carbonyl (C=O) groups excluding carboxylic acids is 1. The van der Waals surface area contributed by atoms with Crippen LogP contribution in [-0.4, -0.2) is 31.1 Å². The Morgan fingerprint density at radius 3 is 2.59 bits per heavy atom. The minimum Gasteiger partial charge on any atom is -0.464 e. The molecule has 0 saturated heterocycles. The lowest BCUT2D eigenvalue weighted by atomic mass is 10.2. The molecule has 0 bridgehead atoms. The van der Waals surface area contributed by atoms with E-state index in [-0.39, 0.29) is 24.6 Å². The Morgan fingerprint density at radius 2 is 1.95 bits per heavy atom. The number of esters is 1. The number of carbonyl (C=O) groups is 1. The third-order valence-corrected chi connectivity index (χ3v) is 2.74. The highest BCUT2D eigenvalue weighted by molar-refractivity contribution is 5.72. The van der Waals surface area contributed by atoms with E-state index in [0.717, 1.165) is 5.56 Å². The number of nitrogens with zero attached hydrogens (tertiary/aromatic N) is 3. The van der Waals surface area contributed by atoms with Crippen molar-refractivity contribution in [1.29, 1.82) is 10.5 Å². The van der Waals surface area contributed by atoms with Crippen LogP contribution >= 0.6 is 0 Å². The summed E-state index contributed by atoms with van der Waals surface area (Å²) in [5.74, 6) is -0.264. The Morgan fingerprint density at radius 1 is 1.27 bits per heavy atom. The summed E-state index contributed by atoms with van der Waals surface area (Å²) in [5, 5.41) is 17.1. The van der Waals surface area contributed by atoms with Gasteiger partial charge in [-0.1, -0.05) is 30.3 Å². The first-order valence-electron chi connectivity index (χ1n) is 6.74. The van der Waals surface area contributed by atoms with Crippen LogP contribution in [0.25, 0.3) is 0 Å². The Bertz CT molecular complexity index is 606. The molecule has 0 aliphatic heterocycles. The lowest BCUT2D eigenvalue weighted by Gasteiger charge is -2.13. The third kappa shape index (κ3) is 6.93. The van der Waals surface area contributed by atoms with E-state index in [4.69, 9.17) is 15.3 Å². The van der Waals surface area contributed by atoms with Crippen LogP contribution in [-0.2, 0) is 16.0 Å². The number of likely N-dealkylation sites (N-methyl/N-ethyl adjacent to an activating group) is 1. The van der Waals surface area contributed by atoms with Gasteiger partial charge in [-0.25, -0.2) is 0 Å². The minimum absolute atomic E-state index is 0.0407. The van der Waals surface area contributed by atoms with Crippen LogP contribution in [0.5, 0.6) is 0 Å². The van der Waals surface area contributed by atoms with E-state index in [1.54, 1.807) is 29.3 Å². The van der Waals surface area contributed by atoms with Gasteiger partial charge in [0.05, 0.1) is 13.0 Å². The third-order valence-electron chi connectivity index (χ3n) is 2.74. The van der Waals surface area contributed by atoms with Gasteiger partial charge in [0.1, 0.15) is 24.3 Å². The predicted octanol–water partition coefficient (Wildman–Crippen LogP) is 2.19. The zero-order valence-corrected chi connectivity index (χ0v) is 12.4. The van der Waals surface area contributed by atoms with Gasteiger partial charge < -0.3 is 9.64 Å². The molecule has 0 saturated carbocycles. The van der Waals surface area contributed by atoms with Crippen molar-refractivity contribution in [3.63, 3.8) is 0 Å². The highest BCUT2D eigenvalue weighted by Gasteiger charge is 2.04. The van der Waals surface area contributed by atoms with Gasteiger partial charge in [-0.3, -0.25) is 4.79 Å². The average molecular weight is 295 g/mol. The van der Waals surface area contributed by atoms with Crippen molar-refractivity contribution in [2.75, 3.05) is 20.2 Å². The van der Waals surface area contributed by atoms with Gasteiger partial charge in [-0.2, -0.15) is 10.5 Å². The van der Waals surface area contributed by atoms with Crippen molar-refractivity contribution < 1.29 is 9.53 Å². The molecular formula is C17H17N3O2. The summed E-state index contributed by atoms with van der Waals surface area (Å²) >= 11 is 0.